The summed E-state index contributed by atoms with van der Waals surface area (Å²) in [6, 6.07) is 0.175. The van der Waals surface area contributed by atoms with Gasteiger partial charge in [-0.25, -0.2) is 0 Å². The molecule has 1 fully saturated rings. The molecule has 0 saturated carbocycles. The molecule has 13 heavy (non-hydrogen) atoms. The van der Waals surface area contributed by atoms with E-state index in [1.165, 1.54) is 5.57 Å². The first-order valence-electron chi connectivity index (χ1n) is 4.42. The van der Waals surface area contributed by atoms with Gasteiger partial charge >= 0.3 is 5.97 Å². The molecule has 1 heterocycles. The molecular formula is C10H15NO2. The Morgan fingerprint density at radius 1 is 1.69 bits per heavy atom. The van der Waals surface area contributed by atoms with Gasteiger partial charge in [0, 0.05) is 0 Å². The maximum atomic E-state index is 10.7. The fourth-order valence-corrected chi connectivity index (χ4v) is 1.15. The third-order valence-corrected chi connectivity index (χ3v) is 2.00. The van der Waals surface area contributed by atoms with Gasteiger partial charge < -0.3 is 4.74 Å². The van der Waals surface area contributed by atoms with E-state index in [-0.39, 0.29) is 12.0 Å². The second-order valence-electron chi connectivity index (χ2n) is 3.05. The van der Waals surface area contributed by atoms with Crippen LogP contribution in [-0.4, -0.2) is 25.2 Å². The standard InChI is InChI=1S/C10H15NO2/c1-3-4-5-8(2)9-7-13-10(12)6-11-9/h3-5,9,11H,6-7H2,1-2H3/b4-3-,8-5+/t9-/m1/s1. The zero-order valence-electron chi connectivity index (χ0n) is 8.04. The molecule has 1 aliphatic heterocycles. The van der Waals surface area contributed by atoms with E-state index in [1.54, 1.807) is 0 Å². The van der Waals surface area contributed by atoms with Crippen LogP contribution in [0.5, 0.6) is 0 Å². The summed E-state index contributed by atoms with van der Waals surface area (Å²) in [5.74, 6) is -0.171. The molecule has 72 valence electrons. The Labute approximate surface area is 78.5 Å². The molecule has 1 atom stereocenters. The highest BCUT2D eigenvalue weighted by molar-refractivity contribution is 5.72. The number of carbonyl (C=O) groups excluding carboxylic acids is 1. The van der Waals surface area contributed by atoms with Gasteiger partial charge in [0.15, 0.2) is 0 Å². The van der Waals surface area contributed by atoms with Crippen LogP contribution in [0.4, 0.5) is 0 Å². The predicted molar refractivity (Wildman–Crippen MR) is 51.3 cm³/mol. The molecule has 1 N–H and O–H groups in total. The fraction of sp³-hybridized carbons (Fsp3) is 0.500. The number of esters is 1. The van der Waals surface area contributed by atoms with E-state index in [0.717, 1.165) is 0 Å². The van der Waals surface area contributed by atoms with E-state index < -0.39 is 0 Å². The van der Waals surface area contributed by atoms with E-state index in [2.05, 4.69) is 5.32 Å². The van der Waals surface area contributed by atoms with Crippen molar-refractivity contribution in [1.82, 2.24) is 5.32 Å². The fourth-order valence-electron chi connectivity index (χ4n) is 1.15. The van der Waals surface area contributed by atoms with E-state index in [1.807, 2.05) is 32.1 Å². The Bertz CT molecular complexity index is 233. The van der Waals surface area contributed by atoms with Gasteiger partial charge in [-0.2, -0.15) is 0 Å². The number of hydrogen-bond acceptors (Lipinski definition) is 3. The third-order valence-electron chi connectivity index (χ3n) is 2.00. The first kappa shape index (κ1) is 9.99. The summed E-state index contributed by atoms with van der Waals surface area (Å²) < 4.78 is 4.93. The van der Waals surface area contributed by atoms with Crippen molar-refractivity contribution >= 4 is 5.97 Å². The molecule has 0 aromatic carbocycles. The largest absolute Gasteiger partial charge is 0.463 e. The Kier molecular flexibility index (Phi) is 3.71. The van der Waals surface area contributed by atoms with Gasteiger partial charge in [0.25, 0.3) is 0 Å². The minimum Gasteiger partial charge on any atom is -0.463 e. The summed E-state index contributed by atoms with van der Waals surface area (Å²) in [6.45, 7) is 4.75. The average molecular weight is 181 g/mol. The van der Waals surface area contributed by atoms with Crippen LogP contribution < -0.4 is 5.32 Å². The van der Waals surface area contributed by atoms with Crippen molar-refractivity contribution in [3.63, 3.8) is 0 Å². The molecule has 0 aromatic rings. The van der Waals surface area contributed by atoms with Gasteiger partial charge in [-0.3, -0.25) is 10.1 Å². The van der Waals surface area contributed by atoms with E-state index in [4.69, 9.17) is 4.74 Å². The Morgan fingerprint density at radius 2 is 2.46 bits per heavy atom. The number of allylic oxidation sites excluding steroid dienone is 3. The van der Waals surface area contributed by atoms with E-state index in [9.17, 15) is 4.79 Å². The zero-order valence-corrected chi connectivity index (χ0v) is 8.04. The van der Waals surface area contributed by atoms with Crippen LogP contribution in [0.25, 0.3) is 0 Å². The van der Waals surface area contributed by atoms with Crippen LogP contribution in [0.2, 0.25) is 0 Å². The van der Waals surface area contributed by atoms with Gasteiger partial charge in [-0.15, -0.1) is 0 Å². The van der Waals surface area contributed by atoms with E-state index >= 15 is 0 Å². The number of cyclic esters (lactones) is 1. The van der Waals surface area contributed by atoms with Crippen molar-refractivity contribution in [3.8, 4) is 0 Å². The van der Waals surface area contributed by atoms with Crippen molar-refractivity contribution in [2.45, 2.75) is 19.9 Å². The zero-order chi connectivity index (χ0) is 9.68. The van der Waals surface area contributed by atoms with Crippen molar-refractivity contribution in [2.24, 2.45) is 0 Å². The molecule has 1 aliphatic rings. The maximum absolute atomic E-state index is 10.7. The van der Waals surface area contributed by atoms with Crippen molar-refractivity contribution in [2.75, 3.05) is 13.2 Å². The highest BCUT2D eigenvalue weighted by atomic mass is 16.5. The summed E-state index contributed by atoms with van der Waals surface area (Å²) in [4.78, 5) is 10.7. The molecule has 0 spiro atoms. The molecule has 3 heteroatoms. The molecule has 1 saturated heterocycles. The highest BCUT2D eigenvalue weighted by Gasteiger charge is 2.19. The first-order valence-corrected chi connectivity index (χ1v) is 4.42. The minimum atomic E-state index is -0.171. The van der Waals surface area contributed by atoms with Crippen molar-refractivity contribution in [3.05, 3.63) is 23.8 Å². The monoisotopic (exact) mass is 181 g/mol. The lowest BCUT2D eigenvalue weighted by atomic mass is 10.1. The quantitative estimate of drug-likeness (QED) is 0.510. The van der Waals surface area contributed by atoms with Gasteiger partial charge in [0.2, 0.25) is 0 Å². The van der Waals surface area contributed by atoms with Crippen LogP contribution in [0.3, 0.4) is 0 Å². The Hall–Kier alpha value is -1.09. The number of hydrogen-bond donors (Lipinski definition) is 1. The molecule has 0 bridgehead atoms. The van der Waals surface area contributed by atoms with Crippen molar-refractivity contribution < 1.29 is 9.53 Å². The molecule has 0 aliphatic carbocycles. The second kappa shape index (κ2) is 4.82. The number of ether oxygens (including phenoxy) is 1. The summed E-state index contributed by atoms with van der Waals surface area (Å²) in [5.41, 5.74) is 1.19. The summed E-state index contributed by atoms with van der Waals surface area (Å²) >= 11 is 0. The molecule has 0 unspecified atom stereocenters. The lowest BCUT2D eigenvalue weighted by molar-refractivity contribution is -0.146. The van der Waals surface area contributed by atoms with Crippen LogP contribution >= 0.6 is 0 Å². The van der Waals surface area contributed by atoms with Gasteiger partial charge in [0.1, 0.15) is 6.61 Å². The molecule has 0 amide bonds. The van der Waals surface area contributed by atoms with Crippen molar-refractivity contribution in [1.29, 1.82) is 0 Å². The number of rotatable bonds is 2. The molecule has 0 aromatic heterocycles. The molecule has 1 rings (SSSR count). The summed E-state index contributed by atoms with van der Waals surface area (Å²) in [5, 5.41) is 3.10. The lowest BCUT2D eigenvalue weighted by Gasteiger charge is -2.23. The summed E-state index contributed by atoms with van der Waals surface area (Å²) in [6.07, 6.45) is 5.97. The highest BCUT2D eigenvalue weighted by Crippen LogP contribution is 2.05. The smallest absolute Gasteiger partial charge is 0.320 e. The summed E-state index contributed by atoms with van der Waals surface area (Å²) in [7, 11) is 0. The van der Waals surface area contributed by atoms with Gasteiger partial charge in [-0.05, 0) is 13.8 Å². The average Bonchev–Trinajstić information content (AvgIpc) is 2.15. The third kappa shape index (κ3) is 3.03. The molecule has 3 nitrogen and oxygen atoms in total. The lowest BCUT2D eigenvalue weighted by Crippen LogP contribution is -2.44. The molecular weight excluding hydrogens is 166 g/mol. The maximum Gasteiger partial charge on any atom is 0.320 e. The van der Waals surface area contributed by atoms with Crippen LogP contribution in [0.15, 0.2) is 23.8 Å². The Balaban J connectivity index is 2.48. The van der Waals surface area contributed by atoms with Crippen LogP contribution in [0, 0.1) is 0 Å². The first-order chi connectivity index (χ1) is 6.24. The topological polar surface area (TPSA) is 38.3 Å². The second-order valence-corrected chi connectivity index (χ2v) is 3.05. The predicted octanol–water partition coefficient (Wildman–Crippen LogP) is 1.02. The van der Waals surface area contributed by atoms with Gasteiger partial charge in [-0.1, -0.05) is 23.8 Å². The SMILES string of the molecule is C/C=C\C=C(/C)[C@H]1COC(=O)CN1. The van der Waals surface area contributed by atoms with Gasteiger partial charge in [0.05, 0.1) is 12.6 Å². The number of morpholine rings is 1. The normalized spacial score (nSPS) is 24.9. The van der Waals surface area contributed by atoms with E-state index in [0.29, 0.717) is 13.2 Å². The molecule has 0 radical (unpaired) electrons. The van der Waals surface area contributed by atoms with Crippen LogP contribution in [-0.2, 0) is 9.53 Å². The minimum absolute atomic E-state index is 0.171. The van der Waals surface area contributed by atoms with Crippen LogP contribution in [0.1, 0.15) is 13.8 Å². The number of carbonyl (C=O) groups is 1. The number of nitrogens with one attached hydrogen (secondary N) is 1. The Morgan fingerprint density at radius 3 is 3.00 bits per heavy atom.